The van der Waals surface area contributed by atoms with E-state index in [9.17, 15) is 0 Å². The first kappa shape index (κ1) is 11.8. The molecule has 1 aromatic rings. The molecule has 0 bridgehead atoms. The molecular weight excluding hydrogens is 512 g/mol. The van der Waals surface area contributed by atoms with Gasteiger partial charge in [-0.1, -0.05) is 51.2 Å². The highest BCUT2D eigenvalue weighted by Crippen LogP contribution is 2.34. The summed E-state index contributed by atoms with van der Waals surface area (Å²) in [6.45, 7) is 0. The average molecular weight is 518 g/mol. The lowest BCUT2D eigenvalue weighted by Crippen LogP contribution is -1.90. The van der Waals surface area contributed by atoms with E-state index in [0.29, 0.717) is 7.81 Å². The van der Waals surface area contributed by atoms with Crippen LogP contribution in [0.15, 0.2) is 18.2 Å². The molecule has 0 saturated carbocycles. The molecule has 0 atom stereocenters. The number of alkyl halides is 3. The van der Waals surface area contributed by atoms with Gasteiger partial charge in [0.05, 0.1) is 1.93 Å². The standard InChI is InChI=1S/C8H6ClI3/c9-4-5-3-6(10)1-2-7(5)8(11)12/h1-3,8H,4H2. The Morgan fingerprint density at radius 3 is 2.50 bits per heavy atom. The van der Waals surface area contributed by atoms with E-state index in [2.05, 4.69) is 86.0 Å². The Hall–Kier alpha value is 1.70. The predicted molar refractivity (Wildman–Crippen MR) is 79.5 cm³/mol. The Morgan fingerprint density at radius 2 is 2.00 bits per heavy atom. The van der Waals surface area contributed by atoms with Crippen LogP contribution in [-0.4, -0.2) is 0 Å². The average Bonchev–Trinajstić information content (AvgIpc) is 2.03. The number of hydrogen-bond donors (Lipinski definition) is 0. The van der Waals surface area contributed by atoms with Crippen molar-refractivity contribution in [1.29, 1.82) is 0 Å². The van der Waals surface area contributed by atoms with Gasteiger partial charge in [-0.15, -0.1) is 11.6 Å². The van der Waals surface area contributed by atoms with E-state index >= 15 is 0 Å². The first-order valence-corrected chi connectivity index (χ1v) is 7.38. The summed E-state index contributed by atoms with van der Waals surface area (Å²) in [6, 6.07) is 6.42. The zero-order valence-corrected chi connectivity index (χ0v) is 13.3. The fourth-order valence-corrected chi connectivity index (χ4v) is 2.91. The van der Waals surface area contributed by atoms with Gasteiger partial charge in [0.1, 0.15) is 0 Å². The van der Waals surface area contributed by atoms with E-state index in [-0.39, 0.29) is 0 Å². The normalized spacial score (nSPS) is 10.8. The van der Waals surface area contributed by atoms with Gasteiger partial charge in [-0.25, -0.2) is 0 Å². The number of halogens is 4. The Balaban J connectivity index is 3.11. The molecule has 0 spiro atoms. The van der Waals surface area contributed by atoms with Crippen molar-refractivity contribution >= 4 is 79.4 Å². The smallest absolute Gasteiger partial charge is 0.0877 e. The fraction of sp³-hybridized carbons (Fsp3) is 0.250. The monoisotopic (exact) mass is 518 g/mol. The van der Waals surface area contributed by atoms with E-state index in [1.54, 1.807) is 0 Å². The SMILES string of the molecule is ClCc1cc(I)ccc1C(I)I. The molecule has 0 N–H and O–H groups in total. The number of hydrogen-bond acceptors (Lipinski definition) is 0. The third kappa shape index (κ3) is 3.13. The zero-order valence-electron chi connectivity index (χ0n) is 6.03. The summed E-state index contributed by atoms with van der Waals surface area (Å²) in [4.78, 5) is 0. The largest absolute Gasteiger partial charge is 0.122 e. The lowest BCUT2D eigenvalue weighted by atomic mass is 10.1. The quantitative estimate of drug-likeness (QED) is 0.386. The van der Waals surface area contributed by atoms with Crippen LogP contribution in [-0.2, 0) is 5.88 Å². The van der Waals surface area contributed by atoms with Gasteiger partial charge >= 0.3 is 0 Å². The molecule has 0 amide bonds. The Bertz CT molecular complexity index is 273. The van der Waals surface area contributed by atoms with E-state index in [4.69, 9.17) is 11.6 Å². The molecule has 0 unspecified atom stereocenters. The summed E-state index contributed by atoms with van der Waals surface area (Å²) in [7, 11) is 0. The van der Waals surface area contributed by atoms with E-state index in [1.807, 2.05) is 0 Å². The minimum absolute atomic E-state index is 0.506. The van der Waals surface area contributed by atoms with Crippen LogP contribution in [0.2, 0.25) is 0 Å². The van der Waals surface area contributed by atoms with E-state index in [0.717, 1.165) is 0 Å². The van der Waals surface area contributed by atoms with Crippen LogP contribution in [0.1, 0.15) is 13.1 Å². The van der Waals surface area contributed by atoms with Crippen LogP contribution >= 0.6 is 79.4 Å². The Labute approximate surface area is 118 Å². The van der Waals surface area contributed by atoms with Gasteiger partial charge in [0.25, 0.3) is 0 Å². The summed E-state index contributed by atoms with van der Waals surface area (Å²) in [6.07, 6.45) is 0. The third-order valence-electron chi connectivity index (χ3n) is 1.48. The molecule has 0 aromatic heterocycles. The molecule has 0 heterocycles. The first-order valence-electron chi connectivity index (χ1n) is 3.27. The lowest BCUT2D eigenvalue weighted by Gasteiger charge is -2.08. The molecule has 0 saturated heterocycles. The maximum atomic E-state index is 5.84. The topological polar surface area (TPSA) is 0 Å². The van der Waals surface area contributed by atoms with Crippen molar-refractivity contribution in [3.63, 3.8) is 0 Å². The Morgan fingerprint density at radius 1 is 1.33 bits per heavy atom. The summed E-state index contributed by atoms with van der Waals surface area (Å²) in [5.41, 5.74) is 2.59. The molecular formula is C8H6ClI3. The number of rotatable bonds is 2. The maximum absolute atomic E-state index is 5.84. The molecule has 0 aliphatic rings. The van der Waals surface area contributed by atoms with Gasteiger partial charge in [-0.3, -0.25) is 0 Å². The molecule has 12 heavy (non-hydrogen) atoms. The van der Waals surface area contributed by atoms with Crippen molar-refractivity contribution in [2.45, 2.75) is 7.81 Å². The second kappa shape index (κ2) is 5.55. The predicted octanol–water partition coefficient (Wildman–Crippen LogP) is 4.90. The van der Waals surface area contributed by atoms with Crippen molar-refractivity contribution in [2.75, 3.05) is 0 Å². The van der Waals surface area contributed by atoms with Crippen LogP contribution in [0, 0.1) is 3.57 Å². The molecule has 66 valence electrons. The first-order chi connectivity index (χ1) is 5.65. The van der Waals surface area contributed by atoms with Gasteiger partial charge in [0.2, 0.25) is 0 Å². The van der Waals surface area contributed by atoms with Crippen molar-refractivity contribution in [3.05, 3.63) is 32.9 Å². The summed E-state index contributed by atoms with van der Waals surface area (Å²) < 4.78 is 1.76. The van der Waals surface area contributed by atoms with Crippen molar-refractivity contribution in [1.82, 2.24) is 0 Å². The van der Waals surface area contributed by atoms with Gasteiger partial charge < -0.3 is 0 Å². The second-order valence-corrected chi connectivity index (χ2v) is 8.67. The molecule has 4 heteroatoms. The Kier molecular flexibility index (Phi) is 5.44. The van der Waals surface area contributed by atoms with Crippen molar-refractivity contribution in [2.24, 2.45) is 0 Å². The van der Waals surface area contributed by atoms with E-state index < -0.39 is 0 Å². The highest BCUT2D eigenvalue weighted by molar-refractivity contribution is 14.2. The van der Waals surface area contributed by atoms with Crippen LogP contribution in [0.3, 0.4) is 0 Å². The second-order valence-electron chi connectivity index (χ2n) is 2.28. The van der Waals surface area contributed by atoms with Gasteiger partial charge in [-0.2, -0.15) is 0 Å². The summed E-state index contributed by atoms with van der Waals surface area (Å²) in [5, 5.41) is 0. The van der Waals surface area contributed by atoms with Crippen molar-refractivity contribution in [3.8, 4) is 0 Å². The third-order valence-corrected chi connectivity index (χ3v) is 3.78. The minimum Gasteiger partial charge on any atom is -0.122 e. The van der Waals surface area contributed by atoms with Crippen LogP contribution in [0.4, 0.5) is 0 Å². The molecule has 1 rings (SSSR count). The van der Waals surface area contributed by atoms with Crippen LogP contribution in [0.25, 0.3) is 0 Å². The molecule has 0 nitrogen and oxygen atoms in total. The van der Waals surface area contributed by atoms with Gasteiger partial charge in [0, 0.05) is 9.45 Å². The van der Waals surface area contributed by atoms with Gasteiger partial charge in [0.15, 0.2) is 0 Å². The summed E-state index contributed by atoms with van der Waals surface area (Å²) >= 11 is 12.9. The van der Waals surface area contributed by atoms with E-state index in [1.165, 1.54) is 14.7 Å². The maximum Gasteiger partial charge on any atom is 0.0877 e. The minimum atomic E-state index is 0.506. The van der Waals surface area contributed by atoms with Gasteiger partial charge in [-0.05, 0) is 45.9 Å². The zero-order chi connectivity index (χ0) is 9.14. The molecule has 0 fully saturated rings. The number of benzene rings is 1. The summed E-state index contributed by atoms with van der Waals surface area (Å²) in [5.74, 6) is 0.606. The highest BCUT2D eigenvalue weighted by atomic mass is 127. The molecule has 0 radical (unpaired) electrons. The molecule has 0 aliphatic heterocycles. The van der Waals surface area contributed by atoms with Crippen LogP contribution < -0.4 is 0 Å². The molecule has 0 aliphatic carbocycles. The lowest BCUT2D eigenvalue weighted by molar-refractivity contribution is 1.28. The fourth-order valence-electron chi connectivity index (χ4n) is 0.903. The highest BCUT2D eigenvalue weighted by Gasteiger charge is 2.07. The van der Waals surface area contributed by atoms with Crippen LogP contribution in [0.5, 0.6) is 0 Å². The molecule has 1 aromatic carbocycles. The van der Waals surface area contributed by atoms with Crippen molar-refractivity contribution < 1.29 is 0 Å².